The molecule has 0 spiro atoms. The van der Waals surface area contributed by atoms with Crippen LogP contribution in [0.5, 0.6) is 11.5 Å². The van der Waals surface area contributed by atoms with Gasteiger partial charge >= 0.3 is 0 Å². The molecule has 29 heavy (non-hydrogen) atoms. The lowest BCUT2D eigenvalue weighted by Gasteiger charge is -2.26. The van der Waals surface area contributed by atoms with Crippen molar-refractivity contribution >= 4 is 16.8 Å². The summed E-state index contributed by atoms with van der Waals surface area (Å²) in [5.74, 6) is 2.53. The lowest BCUT2D eigenvalue weighted by Crippen LogP contribution is -2.38. The minimum absolute atomic E-state index is 0.279. The summed E-state index contributed by atoms with van der Waals surface area (Å²) in [7, 11) is 0. The summed E-state index contributed by atoms with van der Waals surface area (Å²) in [4.78, 5) is 7.45. The standard InChI is InChI=1S/C22H22N4O3/c1-2-4-19-18(3-1)25(8-7-24-9-11-27-12-10-24)22-23-17(14-26(19)22)16-5-6-20-21(13-16)29-15-28-20/h1-6,13-14H,7-12,15H2. The Kier molecular flexibility index (Phi) is 3.95. The molecule has 2 aliphatic rings. The van der Waals surface area contributed by atoms with Crippen molar-refractivity contribution in [3.63, 3.8) is 0 Å². The molecule has 7 heteroatoms. The zero-order valence-electron chi connectivity index (χ0n) is 16.1. The normalized spacial score (nSPS) is 16.8. The Balaban J connectivity index is 1.41. The van der Waals surface area contributed by atoms with E-state index in [1.165, 1.54) is 11.0 Å². The molecule has 0 aliphatic carbocycles. The van der Waals surface area contributed by atoms with Gasteiger partial charge in [0.15, 0.2) is 11.5 Å². The van der Waals surface area contributed by atoms with E-state index in [-0.39, 0.29) is 6.79 Å². The van der Waals surface area contributed by atoms with Gasteiger partial charge in [0.25, 0.3) is 0 Å². The summed E-state index contributed by atoms with van der Waals surface area (Å²) >= 11 is 0. The van der Waals surface area contributed by atoms with Gasteiger partial charge in [0.05, 0.1) is 29.9 Å². The monoisotopic (exact) mass is 390 g/mol. The van der Waals surface area contributed by atoms with Gasteiger partial charge in [-0.2, -0.15) is 0 Å². The quantitative estimate of drug-likeness (QED) is 0.536. The maximum atomic E-state index is 5.54. The van der Waals surface area contributed by atoms with Gasteiger partial charge in [0, 0.05) is 37.9 Å². The van der Waals surface area contributed by atoms with Gasteiger partial charge in [-0.3, -0.25) is 9.30 Å². The fraction of sp³-hybridized carbons (Fsp3) is 0.318. The van der Waals surface area contributed by atoms with Crippen LogP contribution in [0.3, 0.4) is 0 Å². The van der Waals surface area contributed by atoms with E-state index >= 15 is 0 Å². The predicted octanol–water partition coefficient (Wildman–Crippen LogP) is 3.02. The van der Waals surface area contributed by atoms with E-state index in [1.54, 1.807) is 0 Å². The zero-order valence-corrected chi connectivity index (χ0v) is 16.1. The van der Waals surface area contributed by atoms with E-state index in [0.29, 0.717) is 0 Å². The number of hydrogen-bond acceptors (Lipinski definition) is 5. The molecule has 0 N–H and O–H groups in total. The van der Waals surface area contributed by atoms with E-state index in [0.717, 1.165) is 67.9 Å². The minimum Gasteiger partial charge on any atom is -0.454 e. The number of fused-ring (bicyclic) bond motifs is 4. The Morgan fingerprint density at radius 3 is 2.62 bits per heavy atom. The highest BCUT2D eigenvalue weighted by Gasteiger charge is 2.19. The topological polar surface area (TPSA) is 53.2 Å². The van der Waals surface area contributed by atoms with Crippen LogP contribution in [0.15, 0.2) is 48.7 Å². The summed E-state index contributed by atoms with van der Waals surface area (Å²) in [5, 5.41) is 0. The first-order valence-corrected chi connectivity index (χ1v) is 10.0. The van der Waals surface area contributed by atoms with Gasteiger partial charge in [0.2, 0.25) is 12.6 Å². The molecule has 0 saturated carbocycles. The molecule has 1 fully saturated rings. The number of aromatic nitrogens is 3. The molecule has 148 valence electrons. The third kappa shape index (κ3) is 2.85. The Morgan fingerprint density at radius 2 is 1.72 bits per heavy atom. The SMILES string of the molecule is c1ccc2c(c1)n(CCN1CCOCC1)c1nc(-c3ccc4c(c3)OCO4)cn21. The smallest absolute Gasteiger partial charge is 0.231 e. The molecule has 7 nitrogen and oxygen atoms in total. The molecule has 1 saturated heterocycles. The van der Waals surface area contributed by atoms with Crippen LogP contribution in [0.25, 0.3) is 28.1 Å². The summed E-state index contributed by atoms with van der Waals surface area (Å²) in [6.45, 7) is 5.79. The van der Waals surface area contributed by atoms with Crippen molar-refractivity contribution in [3.05, 3.63) is 48.7 Å². The molecule has 0 bridgehead atoms. The fourth-order valence-corrected chi connectivity index (χ4v) is 4.22. The molecular weight excluding hydrogens is 368 g/mol. The Hall–Kier alpha value is -3.03. The van der Waals surface area contributed by atoms with Crippen molar-refractivity contribution in [1.82, 2.24) is 18.9 Å². The number of imidazole rings is 2. The minimum atomic E-state index is 0.279. The van der Waals surface area contributed by atoms with E-state index in [2.05, 4.69) is 44.3 Å². The van der Waals surface area contributed by atoms with Crippen molar-refractivity contribution in [2.45, 2.75) is 6.54 Å². The highest BCUT2D eigenvalue weighted by atomic mass is 16.7. The zero-order chi connectivity index (χ0) is 19.2. The van der Waals surface area contributed by atoms with Crippen LogP contribution in [-0.4, -0.2) is 58.5 Å². The van der Waals surface area contributed by atoms with Crippen LogP contribution in [0.4, 0.5) is 0 Å². The van der Waals surface area contributed by atoms with Crippen molar-refractivity contribution in [3.8, 4) is 22.8 Å². The average molecular weight is 390 g/mol. The van der Waals surface area contributed by atoms with Gasteiger partial charge in [-0.25, -0.2) is 4.98 Å². The number of benzene rings is 2. The van der Waals surface area contributed by atoms with E-state index in [9.17, 15) is 0 Å². The highest BCUT2D eigenvalue weighted by molar-refractivity contribution is 5.82. The Morgan fingerprint density at radius 1 is 0.897 bits per heavy atom. The molecule has 2 aromatic carbocycles. The van der Waals surface area contributed by atoms with Crippen LogP contribution in [0.1, 0.15) is 0 Å². The summed E-state index contributed by atoms with van der Waals surface area (Å²) in [6, 6.07) is 14.5. The molecule has 6 rings (SSSR count). The third-order valence-corrected chi connectivity index (χ3v) is 5.77. The number of para-hydroxylation sites is 2. The van der Waals surface area contributed by atoms with Crippen molar-refractivity contribution in [2.75, 3.05) is 39.6 Å². The summed E-state index contributed by atoms with van der Waals surface area (Å²) < 4.78 is 21.0. The van der Waals surface area contributed by atoms with E-state index in [4.69, 9.17) is 19.2 Å². The maximum absolute atomic E-state index is 5.54. The van der Waals surface area contributed by atoms with Crippen molar-refractivity contribution in [1.29, 1.82) is 0 Å². The van der Waals surface area contributed by atoms with Crippen LogP contribution in [-0.2, 0) is 11.3 Å². The maximum Gasteiger partial charge on any atom is 0.231 e. The molecule has 2 aliphatic heterocycles. The molecule has 0 unspecified atom stereocenters. The molecule has 0 atom stereocenters. The predicted molar refractivity (Wildman–Crippen MR) is 110 cm³/mol. The second-order valence-electron chi connectivity index (χ2n) is 7.46. The second-order valence-corrected chi connectivity index (χ2v) is 7.46. The van der Waals surface area contributed by atoms with E-state index in [1.807, 2.05) is 18.2 Å². The fourth-order valence-electron chi connectivity index (χ4n) is 4.22. The van der Waals surface area contributed by atoms with Gasteiger partial charge in [-0.1, -0.05) is 12.1 Å². The molecule has 4 heterocycles. The number of nitrogens with zero attached hydrogens (tertiary/aromatic N) is 4. The summed E-state index contributed by atoms with van der Waals surface area (Å²) in [6.07, 6.45) is 2.11. The lowest BCUT2D eigenvalue weighted by molar-refractivity contribution is 0.0366. The van der Waals surface area contributed by atoms with Gasteiger partial charge < -0.3 is 18.8 Å². The van der Waals surface area contributed by atoms with Crippen molar-refractivity contribution in [2.24, 2.45) is 0 Å². The number of morpholine rings is 1. The highest BCUT2D eigenvalue weighted by Crippen LogP contribution is 2.36. The summed E-state index contributed by atoms with van der Waals surface area (Å²) in [5.41, 5.74) is 4.34. The molecule has 0 radical (unpaired) electrons. The van der Waals surface area contributed by atoms with Gasteiger partial charge in [0.1, 0.15) is 0 Å². The first-order chi connectivity index (χ1) is 14.4. The second kappa shape index (κ2) is 6.79. The van der Waals surface area contributed by atoms with Crippen LogP contribution in [0, 0.1) is 0 Å². The van der Waals surface area contributed by atoms with Crippen LogP contribution < -0.4 is 9.47 Å². The lowest BCUT2D eigenvalue weighted by atomic mass is 10.1. The largest absolute Gasteiger partial charge is 0.454 e. The molecule has 4 aromatic rings. The molecule has 0 amide bonds. The number of hydrogen-bond donors (Lipinski definition) is 0. The first kappa shape index (κ1) is 16.9. The Labute approximate surface area is 168 Å². The van der Waals surface area contributed by atoms with E-state index < -0.39 is 0 Å². The molecular formula is C22H22N4O3. The average Bonchev–Trinajstić information content (AvgIpc) is 3.47. The van der Waals surface area contributed by atoms with Crippen LogP contribution in [0.2, 0.25) is 0 Å². The number of rotatable bonds is 4. The van der Waals surface area contributed by atoms with Gasteiger partial charge in [-0.15, -0.1) is 0 Å². The first-order valence-electron chi connectivity index (χ1n) is 10.0. The third-order valence-electron chi connectivity index (χ3n) is 5.77. The van der Waals surface area contributed by atoms with Crippen molar-refractivity contribution < 1.29 is 14.2 Å². The van der Waals surface area contributed by atoms with Crippen LogP contribution >= 0.6 is 0 Å². The van der Waals surface area contributed by atoms with Gasteiger partial charge in [-0.05, 0) is 30.3 Å². The molecule has 2 aromatic heterocycles. The number of ether oxygens (including phenoxy) is 3. The Bertz CT molecular complexity index is 1190.